The van der Waals surface area contributed by atoms with Crippen molar-refractivity contribution in [3.8, 4) is 28.6 Å². The van der Waals surface area contributed by atoms with Gasteiger partial charge in [-0.3, -0.25) is 13.9 Å². The molecule has 190 valence electrons. The van der Waals surface area contributed by atoms with Gasteiger partial charge in [-0.2, -0.15) is 0 Å². The van der Waals surface area contributed by atoms with Gasteiger partial charge in [0.1, 0.15) is 23.9 Å². The number of benzene rings is 3. The molecule has 1 aliphatic rings. The number of carbonyl (C=O) groups is 1. The van der Waals surface area contributed by atoms with E-state index in [0.29, 0.717) is 24.7 Å². The maximum Gasteiger partial charge on any atom is 0.337 e. The Morgan fingerprint density at radius 2 is 1.41 bits per heavy atom. The number of nitrogens with zero attached hydrogens (tertiary/aromatic N) is 2. The predicted octanol–water partition coefficient (Wildman–Crippen LogP) is 4.06. The molecule has 1 aliphatic heterocycles. The molecule has 0 radical (unpaired) electrons. The second kappa shape index (κ2) is 11.6. The van der Waals surface area contributed by atoms with Crippen LogP contribution in [0.2, 0.25) is 0 Å². The molecule has 0 aliphatic carbocycles. The molecule has 1 fully saturated rings. The number of ether oxygens (including phenoxy) is 2. The largest absolute Gasteiger partial charge is 0.492 e. The molecule has 4 aromatic rings. The highest BCUT2D eigenvalue weighted by molar-refractivity contribution is 5.81. The maximum absolute atomic E-state index is 13.1. The Kier molecular flexibility index (Phi) is 7.66. The summed E-state index contributed by atoms with van der Waals surface area (Å²) in [5.74, 6) is 2.23. The topological polar surface area (TPSA) is 86.5 Å². The molecule has 2 N–H and O–H groups in total. The Morgan fingerprint density at radius 1 is 0.784 bits per heavy atom. The lowest BCUT2D eigenvalue weighted by atomic mass is 10.1. The van der Waals surface area contributed by atoms with Gasteiger partial charge in [-0.05, 0) is 79.9 Å². The zero-order valence-corrected chi connectivity index (χ0v) is 20.5. The molecule has 1 amide bonds. The van der Waals surface area contributed by atoms with Crippen molar-refractivity contribution in [2.75, 3.05) is 19.7 Å². The molecule has 5 rings (SSSR count). The van der Waals surface area contributed by atoms with Gasteiger partial charge in [0.15, 0.2) is 0 Å². The van der Waals surface area contributed by atoms with E-state index in [1.807, 2.05) is 78.9 Å². The lowest BCUT2D eigenvalue weighted by molar-refractivity contribution is -0.122. The molecule has 8 nitrogen and oxygen atoms in total. The van der Waals surface area contributed by atoms with Crippen LogP contribution >= 0.6 is 0 Å². The first-order valence-corrected chi connectivity index (χ1v) is 12.5. The lowest BCUT2D eigenvalue weighted by Gasteiger charge is -2.15. The minimum Gasteiger partial charge on any atom is -0.492 e. The first kappa shape index (κ1) is 24.4. The van der Waals surface area contributed by atoms with Gasteiger partial charge in [0.2, 0.25) is 5.91 Å². The smallest absolute Gasteiger partial charge is 0.337 e. The van der Waals surface area contributed by atoms with Crippen LogP contribution < -0.4 is 25.8 Å². The molecule has 0 saturated carbocycles. The summed E-state index contributed by atoms with van der Waals surface area (Å²) >= 11 is 0. The Balaban J connectivity index is 1.17. The van der Waals surface area contributed by atoms with Crippen LogP contribution in [-0.2, 0) is 4.79 Å². The minimum absolute atomic E-state index is 0.0655. The summed E-state index contributed by atoms with van der Waals surface area (Å²) in [6, 6.07) is 24.2. The standard InChI is InChI=1S/C29H30N4O4/c34-28-27(8-4-5-17-31-28)30-18-21-36-24-13-9-22(10-14-24)32-19-20-33(29(32)35)23-11-15-26(16-12-23)37-25-6-2-1-3-7-25/h1-3,6-7,9-16,19-20,27,30H,4-5,8,17-18,21H2,(H,31,34). The van der Waals surface area contributed by atoms with E-state index in [1.54, 1.807) is 21.5 Å². The van der Waals surface area contributed by atoms with Crippen LogP contribution in [0.3, 0.4) is 0 Å². The van der Waals surface area contributed by atoms with Crippen molar-refractivity contribution in [1.82, 2.24) is 19.8 Å². The highest BCUT2D eigenvalue weighted by atomic mass is 16.5. The van der Waals surface area contributed by atoms with E-state index in [2.05, 4.69) is 10.6 Å². The van der Waals surface area contributed by atoms with Crippen LogP contribution in [-0.4, -0.2) is 40.8 Å². The summed E-state index contributed by atoms with van der Waals surface area (Å²) in [6.45, 7) is 1.78. The number of nitrogens with one attached hydrogen (secondary N) is 2. The van der Waals surface area contributed by atoms with Crippen molar-refractivity contribution in [2.24, 2.45) is 0 Å². The van der Waals surface area contributed by atoms with Crippen LogP contribution in [0.4, 0.5) is 0 Å². The van der Waals surface area contributed by atoms with Gasteiger partial charge in [-0.1, -0.05) is 18.2 Å². The fraction of sp³-hybridized carbons (Fsp3) is 0.241. The number of para-hydroxylation sites is 1. The second-order valence-corrected chi connectivity index (χ2v) is 8.87. The Labute approximate surface area is 215 Å². The van der Waals surface area contributed by atoms with Crippen molar-refractivity contribution in [1.29, 1.82) is 0 Å². The summed E-state index contributed by atoms with van der Waals surface area (Å²) in [5.41, 5.74) is 1.32. The van der Waals surface area contributed by atoms with Crippen molar-refractivity contribution in [3.63, 3.8) is 0 Å². The quantitative estimate of drug-likeness (QED) is 0.340. The molecule has 8 heteroatoms. The predicted molar refractivity (Wildman–Crippen MR) is 142 cm³/mol. The van der Waals surface area contributed by atoms with Crippen molar-refractivity contribution >= 4 is 5.91 Å². The summed E-state index contributed by atoms with van der Waals surface area (Å²) in [7, 11) is 0. The fourth-order valence-corrected chi connectivity index (χ4v) is 4.31. The Bertz CT molecular complexity index is 1360. The number of aromatic nitrogens is 2. The fourth-order valence-electron chi connectivity index (χ4n) is 4.31. The van der Waals surface area contributed by atoms with E-state index in [0.717, 1.165) is 42.9 Å². The third-order valence-electron chi connectivity index (χ3n) is 6.28. The zero-order valence-electron chi connectivity index (χ0n) is 20.5. The Morgan fingerprint density at radius 3 is 2.08 bits per heavy atom. The molecule has 0 bridgehead atoms. The van der Waals surface area contributed by atoms with Gasteiger partial charge >= 0.3 is 5.69 Å². The highest BCUT2D eigenvalue weighted by Crippen LogP contribution is 2.22. The van der Waals surface area contributed by atoms with Crippen LogP contribution in [0.1, 0.15) is 19.3 Å². The number of hydrogen-bond donors (Lipinski definition) is 2. The van der Waals surface area contributed by atoms with Gasteiger partial charge in [-0.25, -0.2) is 4.79 Å². The van der Waals surface area contributed by atoms with Crippen LogP contribution in [0.25, 0.3) is 11.4 Å². The van der Waals surface area contributed by atoms with Crippen LogP contribution in [0, 0.1) is 0 Å². The van der Waals surface area contributed by atoms with Gasteiger partial charge in [0.25, 0.3) is 0 Å². The molecule has 1 aromatic heterocycles. The van der Waals surface area contributed by atoms with Gasteiger partial charge in [0, 0.05) is 25.5 Å². The van der Waals surface area contributed by atoms with E-state index in [-0.39, 0.29) is 17.6 Å². The molecule has 3 aromatic carbocycles. The summed E-state index contributed by atoms with van der Waals surface area (Å²) in [6.07, 6.45) is 6.40. The SMILES string of the molecule is O=C1NCCCCC1NCCOc1ccc(-n2ccn(-c3ccc(Oc4ccccc4)cc3)c2=O)cc1. The number of carbonyl (C=O) groups excluding carboxylic acids is 1. The third kappa shape index (κ3) is 6.10. The van der Waals surface area contributed by atoms with Crippen molar-refractivity contribution < 1.29 is 14.3 Å². The lowest BCUT2D eigenvalue weighted by Crippen LogP contribution is -2.44. The molecule has 1 unspecified atom stereocenters. The number of amides is 1. The molecule has 1 saturated heterocycles. The third-order valence-corrected chi connectivity index (χ3v) is 6.28. The van der Waals surface area contributed by atoms with Crippen LogP contribution in [0.15, 0.2) is 96.1 Å². The monoisotopic (exact) mass is 498 g/mol. The zero-order chi connectivity index (χ0) is 25.5. The first-order chi connectivity index (χ1) is 18.2. The number of imidazole rings is 1. The molecule has 37 heavy (non-hydrogen) atoms. The van der Waals surface area contributed by atoms with Gasteiger partial charge in [-0.15, -0.1) is 0 Å². The maximum atomic E-state index is 13.1. The first-order valence-electron chi connectivity index (χ1n) is 12.5. The van der Waals surface area contributed by atoms with Crippen LogP contribution in [0.5, 0.6) is 17.2 Å². The van der Waals surface area contributed by atoms with Gasteiger partial charge < -0.3 is 20.1 Å². The average molecular weight is 499 g/mol. The van der Waals surface area contributed by atoms with E-state index in [9.17, 15) is 9.59 Å². The van der Waals surface area contributed by atoms with E-state index in [1.165, 1.54) is 0 Å². The minimum atomic E-state index is -0.170. The van der Waals surface area contributed by atoms with Crippen molar-refractivity contribution in [2.45, 2.75) is 25.3 Å². The summed E-state index contributed by atoms with van der Waals surface area (Å²) in [4.78, 5) is 25.1. The highest BCUT2D eigenvalue weighted by Gasteiger charge is 2.19. The normalized spacial score (nSPS) is 15.6. The second-order valence-electron chi connectivity index (χ2n) is 8.87. The molecular formula is C29H30N4O4. The van der Waals surface area contributed by atoms with E-state index in [4.69, 9.17) is 9.47 Å². The Hall–Kier alpha value is -4.30. The number of hydrogen-bond acceptors (Lipinski definition) is 5. The van der Waals surface area contributed by atoms with E-state index < -0.39 is 0 Å². The number of rotatable bonds is 9. The van der Waals surface area contributed by atoms with Gasteiger partial charge in [0.05, 0.1) is 17.4 Å². The summed E-state index contributed by atoms with van der Waals surface area (Å²) in [5, 5.41) is 6.19. The van der Waals surface area contributed by atoms with Crippen molar-refractivity contribution in [3.05, 3.63) is 102 Å². The molecule has 2 heterocycles. The average Bonchev–Trinajstić information content (AvgIpc) is 3.19. The molecule has 0 spiro atoms. The molecular weight excluding hydrogens is 468 g/mol. The van der Waals surface area contributed by atoms with E-state index >= 15 is 0 Å². The summed E-state index contributed by atoms with van der Waals surface area (Å²) < 4.78 is 14.8. The molecule has 1 atom stereocenters.